The van der Waals surface area contributed by atoms with Crippen LogP contribution in [0.4, 0.5) is 5.69 Å². The highest BCUT2D eigenvalue weighted by Gasteiger charge is 2.19. The number of furan rings is 1. The molecule has 5 heteroatoms. The van der Waals surface area contributed by atoms with Crippen molar-refractivity contribution in [3.63, 3.8) is 0 Å². The smallest absolute Gasteiger partial charge is 0.129 e. The van der Waals surface area contributed by atoms with Gasteiger partial charge >= 0.3 is 0 Å². The van der Waals surface area contributed by atoms with Gasteiger partial charge in [-0.2, -0.15) is 0 Å². The van der Waals surface area contributed by atoms with Gasteiger partial charge in [0.15, 0.2) is 0 Å². The minimum absolute atomic E-state index is 0.0691. The summed E-state index contributed by atoms with van der Waals surface area (Å²) in [6, 6.07) is 12.0. The van der Waals surface area contributed by atoms with Crippen molar-refractivity contribution in [1.29, 1.82) is 0 Å². The van der Waals surface area contributed by atoms with Crippen LogP contribution in [0.1, 0.15) is 29.9 Å². The second-order valence-corrected chi connectivity index (χ2v) is 6.44. The van der Waals surface area contributed by atoms with Crippen LogP contribution in [0.3, 0.4) is 0 Å². The fourth-order valence-corrected chi connectivity index (χ4v) is 3.18. The Bertz CT molecular complexity index is 633. The van der Waals surface area contributed by atoms with Crippen LogP contribution in [-0.2, 0) is 19.7 Å². The van der Waals surface area contributed by atoms with Gasteiger partial charge in [-0.05, 0) is 55.6 Å². The largest absolute Gasteiger partial charge is 0.462 e. The third kappa shape index (κ3) is 4.38. The lowest BCUT2D eigenvalue weighted by Crippen LogP contribution is -2.34. The summed E-state index contributed by atoms with van der Waals surface area (Å²) >= 11 is 0. The van der Waals surface area contributed by atoms with E-state index in [2.05, 4.69) is 28.4 Å². The summed E-state index contributed by atoms with van der Waals surface area (Å²) in [6.07, 6.45) is 2.14. The van der Waals surface area contributed by atoms with Crippen molar-refractivity contribution in [2.75, 3.05) is 25.0 Å². The normalized spacial score (nSPS) is 16.4. The highest BCUT2D eigenvalue weighted by molar-refractivity contribution is 5.51. The number of likely N-dealkylation sites (tertiary alicyclic amines) is 1. The Labute approximate surface area is 142 Å². The predicted molar refractivity (Wildman–Crippen MR) is 93.5 cm³/mol. The molecule has 1 aliphatic rings. The summed E-state index contributed by atoms with van der Waals surface area (Å²) in [5.41, 5.74) is 2.39. The number of rotatable bonds is 7. The Hall–Kier alpha value is -1.82. The third-order valence-corrected chi connectivity index (χ3v) is 4.70. The van der Waals surface area contributed by atoms with Gasteiger partial charge in [-0.1, -0.05) is 18.2 Å². The second kappa shape index (κ2) is 8.33. The molecule has 0 saturated carbocycles. The first-order valence-electron chi connectivity index (χ1n) is 8.62. The zero-order valence-electron chi connectivity index (χ0n) is 13.9. The van der Waals surface area contributed by atoms with Crippen LogP contribution in [0.15, 0.2) is 40.8 Å². The molecule has 0 aliphatic carbocycles. The summed E-state index contributed by atoms with van der Waals surface area (Å²) in [5, 5.41) is 21.8. The highest BCUT2D eigenvalue weighted by atomic mass is 16.4. The molecule has 2 heterocycles. The van der Waals surface area contributed by atoms with Crippen LogP contribution in [-0.4, -0.2) is 34.8 Å². The number of aliphatic hydroxyl groups is 2. The van der Waals surface area contributed by atoms with Crippen LogP contribution >= 0.6 is 0 Å². The molecular formula is C19H26N2O3. The number of para-hydroxylation sites is 1. The van der Waals surface area contributed by atoms with E-state index in [0.29, 0.717) is 24.8 Å². The van der Waals surface area contributed by atoms with Crippen molar-refractivity contribution in [3.05, 3.63) is 53.5 Å². The SMILES string of the molecule is OCc1ccc(CNc2ccccc2CN2CCC(CO)CC2)o1. The average Bonchev–Trinajstić information content (AvgIpc) is 3.10. The van der Waals surface area contributed by atoms with Crippen molar-refractivity contribution >= 4 is 5.69 Å². The topological polar surface area (TPSA) is 68.9 Å². The van der Waals surface area contributed by atoms with Gasteiger partial charge in [-0.25, -0.2) is 0 Å². The first kappa shape index (κ1) is 17.0. The molecule has 1 fully saturated rings. The highest BCUT2D eigenvalue weighted by Crippen LogP contribution is 2.22. The van der Waals surface area contributed by atoms with Gasteiger partial charge in [0.2, 0.25) is 0 Å². The molecule has 0 bridgehead atoms. The number of hydrogen-bond acceptors (Lipinski definition) is 5. The first-order chi connectivity index (χ1) is 11.8. The number of hydrogen-bond donors (Lipinski definition) is 3. The zero-order valence-corrected chi connectivity index (χ0v) is 13.9. The summed E-state index contributed by atoms with van der Waals surface area (Å²) < 4.78 is 5.52. The molecule has 0 amide bonds. The Morgan fingerprint density at radius 1 is 1.04 bits per heavy atom. The molecule has 2 aromatic rings. The van der Waals surface area contributed by atoms with Crippen molar-refractivity contribution in [1.82, 2.24) is 4.90 Å². The Balaban J connectivity index is 1.58. The fourth-order valence-electron chi connectivity index (χ4n) is 3.18. The molecule has 1 aromatic heterocycles. The van der Waals surface area contributed by atoms with Gasteiger partial charge in [0.25, 0.3) is 0 Å². The lowest BCUT2D eigenvalue weighted by Gasteiger charge is -2.31. The van der Waals surface area contributed by atoms with Crippen LogP contribution in [0.5, 0.6) is 0 Å². The summed E-state index contributed by atoms with van der Waals surface area (Å²) in [6.45, 7) is 3.84. The molecule has 0 radical (unpaired) electrons. The third-order valence-electron chi connectivity index (χ3n) is 4.70. The number of aliphatic hydroxyl groups excluding tert-OH is 2. The van der Waals surface area contributed by atoms with Gasteiger partial charge in [0.05, 0.1) is 6.54 Å². The van der Waals surface area contributed by atoms with E-state index in [-0.39, 0.29) is 6.61 Å². The lowest BCUT2D eigenvalue weighted by atomic mass is 9.97. The number of anilines is 1. The second-order valence-electron chi connectivity index (χ2n) is 6.44. The quantitative estimate of drug-likeness (QED) is 0.728. The van der Waals surface area contributed by atoms with E-state index in [1.54, 1.807) is 6.07 Å². The van der Waals surface area contributed by atoms with E-state index >= 15 is 0 Å². The van der Waals surface area contributed by atoms with Crippen LogP contribution in [0, 0.1) is 5.92 Å². The molecule has 0 spiro atoms. The Morgan fingerprint density at radius 2 is 1.79 bits per heavy atom. The van der Waals surface area contributed by atoms with Crippen LogP contribution < -0.4 is 5.32 Å². The van der Waals surface area contributed by atoms with Crippen molar-refractivity contribution in [2.24, 2.45) is 5.92 Å². The van der Waals surface area contributed by atoms with Gasteiger partial charge in [0, 0.05) is 18.8 Å². The molecule has 1 aliphatic heterocycles. The number of nitrogens with zero attached hydrogens (tertiary/aromatic N) is 1. The maximum absolute atomic E-state index is 9.26. The zero-order chi connectivity index (χ0) is 16.8. The molecule has 3 N–H and O–H groups in total. The first-order valence-corrected chi connectivity index (χ1v) is 8.62. The molecule has 130 valence electrons. The maximum Gasteiger partial charge on any atom is 0.129 e. The van der Waals surface area contributed by atoms with E-state index < -0.39 is 0 Å². The van der Waals surface area contributed by atoms with E-state index in [0.717, 1.165) is 43.9 Å². The molecule has 0 unspecified atom stereocenters. The number of piperidine rings is 1. The summed E-state index contributed by atoms with van der Waals surface area (Å²) in [5.74, 6) is 1.87. The lowest BCUT2D eigenvalue weighted by molar-refractivity contribution is 0.127. The van der Waals surface area contributed by atoms with Crippen LogP contribution in [0.25, 0.3) is 0 Å². The standard InChI is InChI=1S/C19H26N2O3/c22-13-15-7-9-21(10-8-15)12-16-3-1-2-4-19(16)20-11-17-5-6-18(14-23)24-17/h1-6,15,20,22-23H,7-14H2. The van der Waals surface area contributed by atoms with Crippen LogP contribution in [0.2, 0.25) is 0 Å². The van der Waals surface area contributed by atoms with E-state index in [4.69, 9.17) is 9.52 Å². The van der Waals surface area contributed by atoms with Gasteiger partial charge < -0.3 is 19.9 Å². The molecule has 3 rings (SSSR count). The predicted octanol–water partition coefficient (Wildman–Crippen LogP) is 2.59. The van der Waals surface area contributed by atoms with Crippen molar-refractivity contribution < 1.29 is 14.6 Å². The minimum atomic E-state index is -0.0691. The number of benzene rings is 1. The van der Waals surface area contributed by atoms with Gasteiger partial charge in [-0.3, -0.25) is 4.90 Å². The summed E-state index contributed by atoms with van der Waals surface area (Å²) in [4.78, 5) is 2.45. The number of nitrogens with one attached hydrogen (secondary N) is 1. The Kier molecular flexibility index (Phi) is 5.91. The molecule has 0 atom stereocenters. The molecule has 24 heavy (non-hydrogen) atoms. The molecular weight excluding hydrogens is 304 g/mol. The van der Waals surface area contributed by atoms with E-state index in [9.17, 15) is 5.11 Å². The average molecular weight is 330 g/mol. The molecule has 5 nitrogen and oxygen atoms in total. The van der Waals surface area contributed by atoms with E-state index in [1.807, 2.05) is 12.1 Å². The van der Waals surface area contributed by atoms with Crippen molar-refractivity contribution in [2.45, 2.75) is 32.5 Å². The molecule has 1 aromatic carbocycles. The maximum atomic E-state index is 9.26. The van der Waals surface area contributed by atoms with E-state index in [1.165, 1.54) is 5.56 Å². The fraction of sp³-hybridized carbons (Fsp3) is 0.474. The minimum Gasteiger partial charge on any atom is -0.462 e. The monoisotopic (exact) mass is 330 g/mol. The Morgan fingerprint density at radius 3 is 2.50 bits per heavy atom. The van der Waals surface area contributed by atoms with Crippen molar-refractivity contribution in [3.8, 4) is 0 Å². The summed E-state index contributed by atoms with van der Waals surface area (Å²) in [7, 11) is 0. The van der Waals surface area contributed by atoms with Gasteiger partial charge in [0.1, 0.15) is 18.1 Å². The molecule has 1 saturated heterocycles. The van der Waals surface area contributed by atoms with Gasteiger partial charge in [-0.15, -0.1) is 0 Å².